The number of rotatable bonds is 0. The second kappa shape index (κ2) is 5.24. The topological polar surface area (TPSA) is 0 Å². The van der Waals surface area contributed by atoms with Crippen molar-refractivity contribution in [3.63, 3.8) is 0 Å². The van der Waals surface area contributed by atoms with Gasteiger partial charge in [0.25, 0.3) is 0 Å². The first-order valence-electron chi connectivity index (χ1n) is 2.82. The molecular weight excluding hydrogens is 185 g/mol. The average Bonchev–Trinajstić information content (AvgIpc) is 1.90. The fourth-order valence-corrected chi connectivity index (χ4v) is 0.703. The van der Waals surface area contributed by atoms with E-state index in [1.807, 2.05) is 0 Å². The monoisotopic (exact) mass is 196 g/mol. The molecule has 0 aromatic rings. The van der Waals surface area contributed by atoms with E-state index in [0.29, 0.717) is 0 Å². The van der Waals surface area contributed by atoms with Crippen LogP contribution in [0.15, 0.2) is 24.3 Å². The fraction of sp³-hybridized carbons (Fsp3) is 0.429. The van der Waals surface area contributed by atoms with Crippen molar-refractivity contribution in [2.45, 2.75) is 19.3 Å². The maximum Gasteiger partial charge on any atom is 0 e. The summed E-state index contributed by atoms with van der Waals surface area (Å²) in [5.74, 6) is 0. The molecule has 1 aliphatic carbocycles. The van der Waals surface area contributed by atoms with Crippen molar-refractivity contribution in [2.75, 3.05) is 0 Å². The summed E-state index contributed by atoms with van der Waals surface area (Å²) in [4.78, 5) is 0. The Morgan fingerprint density at radius 3 is 1.88 bits per heavy atom. The summed E-state index contributed by atoms with van der Waals surface area (Å²) < 4.78 is 0. The predicted octanol–water partition coefficient (Wildman–Crippen LogP) is 2.28. The zero-order valence-corrected chi connectivity index (χ0v) is 6.52. The molecule has 0 fully saturated rings. The van der Waals surface area contributed by atoms with Crippen LogP contribution in [0.25, 0.3) is 0 Å². The zero-order chi connectivity index (χ0) is 4.95. The second-order valence-electron chi connectivity index (χ2n) is 1.79. The molecular formula is C7H10Ru. The van der Waals surface area contributed by atoms with Crippen molar-refractivity contribution in [2.24, 2.45) is 0 Å². The van der Waals surface area contributed by atoms with E-state index < -0.39 is 0 Å². The van der Waals surface area contributed by atoms with E-state index in [4.69, 9.17) is 0 Å². The molecule has 0 spiro atoms. The first-order valence-corrected chi connectivity index (χ1v) is 2.82. The smallest absolute Gasteiger partial charge is 0 e. The van der Waals surface area contributed by atoms with Crippen LogP contribution >= 0.6 is 0 Å². The quantitative estimate of drug-likeness (QED) is 0.520. The first kappa shape index (κ1) is 8.10. The second-order valence-corrected chi connectivity index (χ2v) is 1.79. The van der Waals surface area contributed by atoms with Crippen LogP contribution in [0.1, 0.15) is 19.3 Å². The largest absolute Gasteiger partial charge is 0.0845 e. The van der Waals surface area contributed by atoms with Crippen LogP contribution < -0.4 is 0 Å². The summed E-state index contributed by atoms with van der Waals surface area (Å²) in [6.07, 6.45) is 12.5. The van der Waals surface area contributed by atoms with Gasteiger partial charge in [0.05, 0.1) is 0 Å². The molecule has 0 aliphatic heterocycles. The third-order valence-corrected chi connectivity index (χ3v) is 1.12. The Labute approximate surface area is 63.4 Å². The summed E-state index contributed by atoms with van der Waals surface area (Å²) in [5, 5.41) is 0. The molecule has 0 saturated carbocycles. The molecule has 0 N–H and O–H groups in total. The molecule has 46 valence electrons. The third kappa shape index (κ3) is 3.15. The molecule has 1 rings (SSSR count). The van der Waals surface area contributed by atoms with E-state index in [-0.39, 0.29) is 19.5 Å². The first-order chi connectivity index (χ1) is 3.50. The molecule has 0 saturated heterocycles. The van der Waals surface area contributed by atoms with E-state index >= 15 is 0 Å². The molecule has 0 unspecified atom stereocenters. The van der Waals surface area contributed by atoms with Crippen molar-refractivity contribution in [3.8, 4) is 0 Å². The molecule has 0 bridgehead atoms. The van der Waals surface area contributed by atoms with Crippen molar-refractivity contribution in [1.29, 1.82) is 0 Å². The van der Waals surface area contributed by atoms with Crippen LogP contribution in [-0.2, 0) is 19.5 Å². The Bertz CT molecular complexity index is 80.6. The maximum absolute atomic E-state index is 2.21. The molecule has 1 aliphatic rings. The van der Waals surface area contributed by atoms with E-state index in [0.717, 1.165) is 0 Å². The van der Waals surface area contributed by atoms with Crippen LogP contribution in [0.3, 0.4) is 0 Å². The summed E-state index contributed by atoms with van der Waals surface area (Å²) in [6, 6.07) is 0. The summed E-state index contributed by atoms with van der Waals surface area (Å²) in [5.41, 5.74) is 0. The summed E-state index contributed by atoms with van der Waals surface area (Å²) in [7, 11) is 0. The van der Waals surface area contributed by atoms with Crippen LogP contribution in [0.4, 0.5) is 0 Å². The van der Waals surface area contributed by atoms with Gasteiger partial charge < -0.3 is 0 Å². The number of hydrogen-bond acceptors (Lipinski definition) is 0. The maximum atomic E-state index is 2.21. The van der Waals surface area contributed by atoms with Gasteiger partial charge in [0.1, 0.15) is 0 Å². The molecule has 8 heavy (non-hydrogen) atoms. The van der Waals surface area contributed by atoms with Crippen molar-refractivity contribution in [3.05, 3.63) is 24.3 Å². The SMILES string of the molecule is C1=CCCCC=C1.[Ru]. The van der Waals surface area contributed by atoms with E-state index in [1.165, 1.54) is 19.3 Å². The Morgan fingerprint density at radius 2 is 1.38 bits per heavy atom. The van der Waals surface area contributed by atoms with Gasteiger partial charge in [0.15, 0.2) is 0 Å². The van der Waals surface area contributed by atoms with Crippen LogP contribution in [0.5, 0.6) is 0 Å². The Hall–Kier alpha value is 0.103. The normalized spacial score (nSPS) is 17.0. The molecule has 0 nitrogen and oxygen atoms in total. The van der Waals surface area contributed by atoms with Crippen LogP contribution in [0.2, 0.25) is 0 Å². The number of allylic oxidation sites excluding steroid dienone is 4. The van der Waals surface area contributed by atoms with Gasteiger partial charge in [-0.1, -0.05) is 24.3 Å². The van der Waals surface area contributed by atoms with Gasteiger partial charge in [-0.25, -0.2) is 0 Å². The minimum absolute atomic E-state index is 0. The van der Waals surface area contributed by atoms with Gasteiger partial charge in [-0.15, -0.1) is 0 Å². The average molecular weight is 195 g/mol. The van der Waals surface area contributed by atoms with E-state index in [2.05, 4.69) is 24.3 Å². The van der Waals surface area contributed by atoms with Gasteiger partial charge in [0, 0.05) is 19.5 Å². The van der Waals surface area contributed by atoms with Gasteiger partial charge in [-0.3, -0.25) is 0 Å². The Kier molecular flexibility index (Phi) is 5.31. The molecule has 0 aromatic heterocycles. The van der Waals surface area contributed by atoms with Gasteiger partial charge >= 0.3 is 0 Å². The number of hydrogen-bond donors (Lipinski definition) is 0. The van der Waals surface area contributed by atoms with Crippen LogP contribution in [-0.4, -0.2) is 0 Å². The minimum Gasteiger partial charge on any atom is -0.0845 e. The summed E-state index contributed by atoms with van der Waals surface area (Å²) >= 11 is 0. The molecule has 0 aromatic carbocycles. The Morgan fingerprint density at radius 1 is 0.875 bits per heavy atom. The van der Waals surface area contributed by atoms with Gasteiger partial charge in [0.2, 0.25) is 0 Å². The summed E-state index contributed by atoms with van der Waals surface area (Å²) in [6.45, 7) is 0. The van der Waals surface area contributed by atoms with Gasteiger partial charge in [-0.05, 0) is 19.3 Å². The molecule has 0 radical (unpaired) electrons. The molecule has 0 amide bonds. The predicted molar refractivity (Wildman–Crippen MR) is 32.1 cm³/mol. The molecule has 1 heteroatoms. The van der Waals surface area contributed by atoms with Crippen molar-refractivity contribution >= 4 is 0 Å². The zero-order valence-electron chi connectivity index (χ0n) is 4.78. The van der Waals surface area contributed by atoms with E-state index in [9.17, 15) is 0 Å². The molecule has 0 atom stereocenters. The molecule has 0 heterocycles. The minimum atomic E-state index is 0. The fourth-order valence-electron chi connectivity index (χ4n) is 0.703. The van der Waals surface area contributed by atoms with E-state index in [1.54, 1.807) is 0 Å². The standard InChI is InChI=1S/C7H10.Ru/c1-2-4-6-7-5-3-1;/h1-4H,5-7H2;. The Balaban J connectivity index is 0.000000490. The van der Waals surface area contributed by atoms with Crippen LogP contribution in [0, 0.1) is 0 Å². The van der Waals surface area contributed by atoms with Gasteiger partial charge in [-0.2, -0.15) is 0 Å². The third-order valence-electron chi connectivity index (χ3n) is 1.12. The van der Waals surface area contributed by atoms with Crippen molar-refractivity contribution < 1.29 is 19.5 Å². The van der Waals surface area contributed by atoms with Crippen molar-refractivity contribution in [1.82, 2.24) is 0 Å².